The minimum Gasteiger partial charge on any atom is -0.490 e. The van der Waals surface area contributed by atoms with Gasteiger partial charge in [-0.2, -0.15) is 0 Å². The molecule has 0 heterocycles. The summed E-state index contributed by atoms with van der Waals surface area (Å²) in [4.78, 5) is 0. The van der Waals surface area contributed by atoms with Gasteiger partial charge in [-0.05, 0) is 12.1 Å². The summed E-state index contributed by atoms with van der Waals surface area (Å²) in [5.74, 6) is 0.166. The van der Waals surface area contributed by atoms with Gasteiger partial charge in [-0.3, -0.25) is 0 Å². The fourth-order valence-electron chi connectivity index (χ4n) is 1.83. The molecule has 0 saturated heterocycles. The van der Waals surface area contributed by atoms with Crippen molar-refractivity contribution in [1.29, 1.82) is 0 Å². The molecule has 2 unspecified atom stereocenters. The van der Waals surface area contributed by atoms with Crippen LogP contribution in [0.15, 0.2) is 22.7 Å². The summed E-state index contributed by atoms with van der Waals surface area (Å²) in [7, 11) is 0. The molecule has 1 fully saturated rings. The molecule has 2 nitrogen and oxygen atoms in total. The van der Waals surface area contributed by atoms with Gasteiger partial charge in [0.1, 0.15) is 17.7 Å². The Hall–Kier alpha value is -0.610. The van der Waals surface area contributed by atoms with E-state index in [-0.39, 0.29) is 23.4 Å². The Morgan fingerprint density at radius 3 is 2.62 bits per heavy atom. The maximum atomic E-state index is 13.1. The lowest BCUT2D eigenvalue weighted by Crippen LogP contribution is -2.56. The van der Waals surface area contributed by atoms with Gasteiger partial charge in [-0.1, -0.05) is 29.8 Å². The normalized spacial score (nSPS) is 27.3. The fraction of sp³-hybridized carbons (Fsp3) is 0.500. The zero-order chi connectivity index (χ0) is 11.9. The lowest BCUT2D eigenvalue weighted by Gasteiger charge is -2.48. The second kappa shape index (κ2) is 4.00. The predicted octanol–water partition coefficient (Wildman–Crippen LogP) is 3.13. The molecule has 16 heavy (non-hydrogen) atoms. The standard InChI is InChI=1S/C12H14BrFO2/c1-12(2)10(15)6-11(12)16-9-4-7(13)3-8(14)5-9/h3-5,10-11,15H,6H2,1-2H3. The Labute approximate surface area is 103 Å². The second-order valence-electron chi connectivity index (χ2n) is 4.78. The highest BCUT2D eigenvalue weighted by atomic mass is 79.9. The zero-order valence-corrected chi connectivity index (χ0v) is 10.8. The van der Waals surface area contributed by atoms with Gasteiger partial charge < -0.3 is 9.84 Å². The van der Waals surface area contributed by atoms with Crippen LogP contribution in [0.1, 0.15) is 20.3 Å². The SMILES string of the molecule is CC1(C)C(O)CC1Oc1cc(F)cc(Br)c1. The molecule has 1 aliphatic carbocycles. The van der Waals surface area contributed by atoms with Crippen molar-refractivity contribution in [1.82, 2.24) is 0 Å². The topological polar surface area (TPSA) is 29.5 Å². The van der Waals surface area contributed by atoms with Crippen molar-refractivity contribution in [2.75, 3.05) is 0 Å². The molecule has 2 rings (SSSR count). The highest BCUT2D eigenvalue weighted by Crippen LogP contribution is 2.43. The van der Waals surface area contributed by atoms with Gasteiger partial charge in [0, 0.05) is 22.4 Å². The average Bonchev–Trinajstić information content (AvgIpc) is 2.15. The molecule has 0 bridgehead atoms. The summed E-state index contributed by atoms with van der Waals surface area (Å²) in [6.07, 6.45) is 0.201. The Balaban J connectivity index is 2.11. The Kier molecular flexibility index (Phi) is 2.97. The first-order valence-electron chi connectivity index (χ1n) is 5.20. The van der Waals surface area contributed by atoms with Gasteiger partial charge in [0.15, 0.2) is 0 Å². The van der Waals surface area contributed by atoms with Crippen LogP contribution in [-0.2, 0) is 0 Å². The third-order valence-corrected chi connectivity index (χ3v) is 3.70. The van der Waals surface area contributed by atoms with Gasteiger partial charge in [0.25, 0.3) is 0 Å². The van der Waals surface area contributed by atoms with Crippen molar-refractivity contribution in [2.24, 2.45) is 5.41 Å². The van der Waals surface area contributed by atoms with Gasteiger partial charge in [0.2, 0.25) is 0 Å². The van der Waals surface area contributed by atoms with Gasteiger partial charge >= 0.3 is 0 Å². The van der Waals surface area contributed by atoms with Crippen LogP contribution in [0.2, 0.25) is 0 Å². The number of benzene rings is 1. The maximum absolute atomic E-state index is 13.1. The van der Waals surface area contributed by atoms with E-state index in [1.54, 1.807) is 6.07 Å². The van der Waals surface area contributed by atoms with Crippen LogP contribution in [0.3, 0.4) is 0 Å². The number of aliphatic hydroxyl groups is 1. The lowest BCUT2D eigenvalue weighted by molar-refractivity contribution is -0.134. The first kappa shape index (κ1) is 11.9. The monoisotopic (exact) mass is 288 g/mol. The van der Waals surface area contributed by atoms with E-state index in [9.17, 15) is 9.50 Å². The molecule has 0 spiro atoms. The molecule has 0 radical (unpaired) electrons. The Morgan fingerprint density at radius 2 is 2.12 bits per heavy atom. The van der Waals surface area contributed by atoms with E-state index >= 15 is 0 Å². The van der Waals surface area contributed by atoms with Crippen LogP contribution in [0.25, 0.3) is 0 Å². The number of ether oxygens (including phenoxy) is 1. The summed E-state index contributed by atoms with van der Waals surface area (Å²) < 4.78 is 19.4. The number of rotatable bonds is 2. The molecule has 1 N–H and O–H groups in total. The third kappa shape index (κ3) is 2.09. The third-order valence-electron chi connectivity index (χ3n) is 3.24. The highest BCUT2D eigenvalue weighted by molar-refractivity contribution is 9.10. The first-order chi connectivity index (χ1) is 7.39. The molecule has 1 aliphatic rings. The molecule has 1 aromatic rings. The largest absolute Gasteiger partial charge is 0.490 e. The molecule has 0 aliphatic heterocycles. The van der Waals surface area contributed by atoms with Crippen molar-refractivity contribution in [2.45, 2.75) is 32.5 Å². The zero-order valence-electron chi connectivity index (χ0n) is 9.21. The van der Waals surface area contributed by atoms with Gasteiger partial charge in [-0.15, -0.1) is 0 Å². The number of hydrogen-bond donors (Lipinski definition) is 1. The predicted molar refractivity (Wildman–Crippen MR) is 62.9 cm³/mol. The number of halogens is 2. The molecule has 1 aromatic carbocycles. The molecule has 2 atom stereocenters. The molecular formula is C12H14BrFO2. The van der Waals surface area contributed by atoms with E-state index in [2.05, 4.69) is 15.9 Å². The second-order valence-corrected chi connectivity index (χ2v) is 5.70. The van der Waals surface area contributed by atoms with Crippen LogP contribution < -0.4 is 4.74 Å². The quantitative estimate of drug-likeness (QED) is 0.906. The van der Waals surface area contributed by atoms with Crippen molar-refractivity contribution >= 4 is 15.9 Å². The Bertz CT molecular complexity index is 386. The average molecular weight is 289 g/mol. The van der Waals surface area contributed by atoms with E-state index in [1.807, 2.05) is 13.8 Å². The maximum Gasteiger partial charge on any atom is 0.128 e. The van der Waals surface area contributed by atoms with Crippen LogP contribution in [0, 0.1) is 11.2 Å². The molecule has 0 aromatic heterocycles. The Morgan fingerprint density at radius 1 is 1.44 bits per heavy atom. The molecular weight excluding hydrogens is 275 g/mol. The molecule has 1 saturated carbocycles. The van der Waals surface area contributed by atoms with E-state index in [0.717, 1.165) is 0 Å². The summed E-state index contributed by atoms with van der Waals surface area (Å²) in [6, 6.07) is 4.46. The first-order valence-corrected chi connectivity index (χ1v) is 5.99. The summed E-state index contributed by atoms with van der Waals surface area (Å²) in [5, 5.41) is 9.57. The minimum absolute atomic E-state index is 0.0591. The number of aliphatic hydroxyl groups excluding tert-OH is 1. The van der Waals surface area contributed by atoms with E-state index in [4.69, 9.17) is 4.74 Å². The van der Waals surface area contributed by atoms with Crippen molar-refractivity contribution in [3.8, 4) is 5.75 Å². The summed E-state index contributed by atoms with van der Waals surface area (Å²) >= 11 is 3.21. The molecule has 4 heteroatoms. The lowest BCUT2D eigenvalue weighted by atomic mass is 9.66. The van der Waals surface area contributed by atoms with Crippen LogP contribution in [0.4, 0.5) is 4.39 Å². The van der Waals surface area contributed by atoms with Crippen LogP contribution in [0.5, 0.6) is 5.75 Å². The van der Waals surface area contributed by atoms with E-state index in [0.29, 0.717) is 16.6 Å². The minimum atomic E-state index is -0.338. The van der Waals surface area contributed by atoms with Crippen molar-refractivity contribution < 1.29 is 14.2 Å². The smallest absolute Gasteiger partial charge is 0.128 e. The van der Waals surface area contributed by atoms with E-state index < -0.39 is 0 Å². The highest BCUT2D eigenvalue weighted by Gasteiger charge is 2.49. The fourth-order valence-corrected chi connectivity index (χ4v) is 2.27. The molecule has 88 valence electrons. The summed E-state index contributed by atoms with van der Waals surface area (Å²) in [5.41, 5.74) is -0.265. The van der Waals surface area contributed by atoms with Crippen LogP contribution >= 0.6 is 15.9 Å². The molecule has 0 amide bonds. The van der Waals surface area contributed by atoms with Crippen LogP contribution in [-0.4, -0.2) is 17.3 Å². The summed E-state index contributed by atoms with van der Waals surface area (Å²) in [6.45, 7) is 3.89. The van der Waals surface area contributed by atoms with Crippen molar-refractivity contribution in [3.63, 3.8) is 0 Å². The number of hydrogen-bond acceptors (Lipinski definition) is 2. The van der Waals surface area contributed by atoms with Crippen molar-refractivity contribution in [3.05, 3.63) is 28.5 Å². The van der Waals surface area contributed by atoms with E-state index in [1.165, 1.54) is 12.1 Å². The van der Waals surface area contributed by atoms with Gasteiger partial charge in [-0.25, -0.2) is 4.39 Å². The van der Waals surface area contributed by atoms with Gasteiger partial charge in [0.05, 0.1) is 6.10 Å².